The molecule has 1 amide bonds. The fraction of sp³-hybridized carbons (Fsp3) is 0.700. The van der Waals surface area contributed by atoms with Gasteiger partial charge in [-0.1, -0.05) is 24.2 Å². The number of nitrogens with one attached hydrogen (secondary N) is 2. The molecule has 0 saturated heterocycles. The first kappa shape index (κ1) is 15.3. The second-order valence-electron chi connectivity index (χ2n) is 4.73. The van der Waals surface area contributed by atoms with Crippen molar-refractivity contribution in [2.24, 2.45) is 5.73 Å². The summed E-state index contributed by atoms with van der Waals surface area (Å²) >= 11 is 0.813. The maximum absolute atomic E-state index is 12.2. The second-order valence-corrected chi connectivity index (χ2v) is 7.60. The number of nitrogens with zero attached hydrogens (tertiary/aromatic N) is 2. The van der Waals surface area contributed by atoms with Crippen LogP contribution in [0.2, 0.25) is 0 Å². The van der Waals surface area contributed by atoms with Crippen molar-refractivity contribution in [2.75, 3.05) is 5.32 Å². The van der Waals surface area contributed by atoms with Gasteiger partial charge in [-0.05, 0) is 12.8 Å². The lowest BCUT2D eigenvalue weighted by Crippen LogP contribution is -2.49. The van der Waals surface area contributed by atoms with Gasteiger partial charge in [0, 0.05) is 19.0 Å². The Morgan fingerprint density at radius 2 is 2.05 bits per heavy atom. The predicted molar refractivity (Wildman–Crippen MR) is 74.8 cm³/mol. The predicted octanol–water partition coefficient (Wildman–Crippen LogP) is 0.0447. The molecule has 4 N–H and O–H groups in total. The molecular formula is C10H17N5O3S2. The van der Waals surface area contributed by atoms with Crippen molar-refractivity contribution in [3.8, 4) is 0 Å². The van der Waals surface area contributed by atoms with E-state index in [0.717, 1.165) is 37.0 Å². The number of anilines is 1. The average molecular weight is 319 g/mol. The van der Waals surface area contributed by atoms with Crippen LogP contribution < -0.4 is 15.8 Å². The van der Waals surface area contributed by atoms with Crippen molar-refractivity contribution in [3.05, 3.63) is 0 Å². The van der Waals surface area contributed by atoms with Crippen molar-refractivity contribution in [1.82, 2.24) is 14.9 Å². The number of nitrogens with two attached hydrogens (primary N) is 1. The standard InChI is InChI=1S/C10H17N5O3S2/c1-6(16)12-9-13-14-10(19-9)20(17,18)15-8-5-3-2-4-7(8)11/h7-8,15H,2-5,11H2,1H3,(H,12,13,16). The van der Waals surface area contributed by atoms with Crippen molar-refractivity contribution in [2.45, 2.75) is 49.0 Å². The highest BCUT2D eigenvalue weighted by molar-refractivity contribution is 7.91. The minimum absolute atomic E-state index is 0.158. The number of hydrogen-bond donors (Lipinski definition) is 3. The van der Waals surface area contributed by atoms with E-state index in [1.54, 1.807) is 0 Å². The Bertz CT molecular complexity index is 585. The molecular weight excluding hydrogens is 302 g/mol. The SMILES string of the molecule is CC(=O)Nc1nnc(S(=O)(=O)NC2CCCCC2N)s1. The van der Waals surface area contributed by atoms with Crippen LogP contribution in [0.15, 0.2) is 4.34 Å². The van der Waals surface area contributed by atoms with Gasteiger partial charge in [0.05, 0.1) is 0 Å². The molecule has 8 nitrogen and oxygen atoms in total. The highest BCUT2D eigenvalue weighted by atomic mass is 32.2. The zero-order chi connectivity index (χ0) is 14.8. The van der Waals surface area contributed by atoms with E-state index in [4.69, 9.17) is 5.73 Å². The van der Waals surface area contributed by atoms with Gasteiger partial charge in [0.15, 0.2) is 0 Å². The third kappa shape index (κ3) is 3.72. The highest BCUT2D eigenvalue weighted by Gasteiger charge is 2.29. The van der Waals surface area contributed by atoms with Crippen LogP contribution in [0, 0.1) is 0 Å². The topological polar surface area (TPSA) is 127 Å². The lowest BCUT2D eigenvalue weighted by Gasteiger charge is -2.28. The fourth-order valence-corrected chi connectivity index (χ4v) is 4.36. The van der Waals surface area contributed by atoms with Crippen molar-refractivity contribution >= 4 is 32.4 Å². The number of amides is 1. The molecule has 1 fully saturated rings. The number of hydrogen-bond acceptors (Lipinski definition) is 7. The lowest BCUT2D eigenvalue weighted by molar-refractivity contribution is -0.114. The molecule has 1 aromatic rings. The second kappa shape index (κ2) is 6.12. The van der Waals surface area contributed by atoms with Crippen molar-refractivity contribution < 1.29 is 13.2 Å². The Balaban J connectivity index is 2.09. The zero-order valence-electron chi connectivity index (χ0n) is 11.0. The molecule has 2 rings (SSSR count). The van der Waals surface area contributed by atoms with Crippen LogP contribution in [-0.2, 0) is 14.8 Å². The van der Waals surface area contributed by atoms with Gasteiger partial charge in [0.1, 0.15) is 0 Å². The van der Waals surface area contributed by atoms with E-state index in [9.17, 15) is 13.2 Å². The molecule has 10 heteroatoms. The van der Waals surface area contributed by atoms with Gasteiger partial charge in [0.25, 0.3) is 10.0 Å². The number of carbonyl (C=O) groups is 1. The van der Waals surface area contributed by atoms with Gasteiger partial charge in [0.2, 0.25) is 15.4 Å². The van der Waals surface area contributed by atoms with Crippen LogP contribution >= 0.6 is 11.3 Å². The average Bonchev–Trinajstić information content (AvgIpc) is 2.80. The highest BCUT2D eigenvalue weighted by Crippen LogP contribution is 2.22. The van der Waals surface area contributed by atoms with E-state index in [-0.39, 0.29) is 27.5 Å². The minimum atomic E-state index is -3.74. The van der Waals surface area contributed by atoms with E-state index in [2.05, 4.69) is 20.2 Å². The molecule has 0 radical (unpaired) electrons. The number of carbonyl (C=O) groups excluding carboxylic acids is 1. The largest absolute Gasteiger partial charge is 0.326 e. The molecule has 1 aliphatic carbocycles. The summed E-state index contributed by atoms with van der Waals surface area (Å²) in [6, 6.07) is -0.455. The van der Waals surface area contributed by atoms with Crippen LogP contribution in [-0.4, -0.2) is 36.6 Å². The van der Waals surface area contributed by atoms with E-state index >= 15 is 0 Å². The van der Waals surface area contributed by atoms with Gasteiger partial charge in [-0.3, -0.25) is 4.79 Å². The third-order valence-corrected chi connectivity index (χ3v) is 5.74. The first-order chi connectivity index (χ1) is 9.38. The Labute approximate surface area is 121 Å². The smallest absolute Gasteiger partial charge is 0.270 e. The van der Waals surface area contributed by atoms with Crippen molar-refractivity contribution in [1.29, 1.82) is 0 Å². The van der Waals surface area contributed by atoms with E-state index in [1.165, 1.54) is 6.92 Å². The van der Waals surface area contributed by atoms with Gasteiger partial charge in [-0.2, -0.15) is 0 Å². The van der Waals surface area contributed by atoms with Crippen molar-refractivity contribution in [3.63, 3.8) is 0 Å². The molecule has 2 unspecified atom stereocenters. The van der Waals surface area contributed by atoms with Crippen LogP contribution in [0.25, 0.3) is 0 Å². The summed E-state index contributed by atoms with van der Waals surface area (Å²) in [5.41, 5.74) is 5.92. The normalized spacial score (nSPS) is 23.5. The summed E-state index contributed by atoms with van der Waals surface area (Å²) in [6.45, 7) is 1.31. The van der Waals surface area contributed by atoms with E-state index in [1.807, 2.05) is 0 Å². The molecule has 1 saturated carbocycles. The molecule has 1 aliphatic rings. The molecule has 1 aromatic heterocycles. The Morgan fingerprint density at radius 3 is 2.70 bits per heavy atom. The third-order valence-electron chi connectivity index (χ3n) is 3.05. The maximum Gasteiger partial charge on any atom is 0.270 e. The molecule has 1 heterocycles. The number of aromatic nitrogens is 2. The van der Waals surface area contributed by atoms with Crippen LogP contribution in [0.5, 0.6) is 0 Å². The number of sulfonamides is 1. The van der Waals surface area contributed by atoms with Gasteiger partial charge in [-0.25, -0.2) is 13.1 Å². The summed E-state index contributed by atoms with van der Waals surface area (Å²) in [7, 11) is -3.74. The number of rotatable bonds is 4. The first-order valence-corrected chi connectivity index (χ1v) is 8.57. The fourth-order valence-electron chi connectivity index (χ4n) is 2.08. The molecule has 2 atom stereocenters. The molecule has 0 bridgehead atoms. The van der Waals surface area contributed by atoms with E-state index in [0.29, 0.717) is 0 Å². The first-order valence-electron chi connectivity index (χ1n) is 6.27. The quantitative estimate of drug-likeness (QED) is 0.673. The van der Waals surface area contributed by atoms with E-state index < -0.39 is 10.0 Å². The van der Waals surface area contributed by atoms with Gasteiger partial charge < -0.3 is 11.1 Å². The minimum Gasteiger partial charge on any atom is -0.326 e. The molecule has 0 aliphatic heterocycles. The Hall–Kier alpha value is -1.10. The Kier molecular flexibility index (Phi) is 4.68. The molecule has 0 aromatic carbocycles. The molecule has 20 heavy (non-hydrogen) atoms. The molecule has 112 valence electrons. The summed E-state index contributed by atoms with van der Waals surface area (Å²) in [5.74, 6) is -0.327. The van der Waals surface area contributed by atoms with Crippen LogP contribution in [0.3, 0.4) is 0 Å². The lowest BCUT2D eigenvalue weighted by atomic mass is 9.92. The summed E-state index contributed by atoms with van der Waals surface area (Å²) in [5, 5.41) is 9.77. The maximum atomic E-state index is 12.2. The zero-order valence-corrected chi connectivity index (χ0v) is 12.6. The summed E-state index contributed by atoms with van der Waals surface area (Å²) in [6.07, 6.45) is 3.50. The monoisotopic (exact) mass is 319 g/mol. The van der Waals surface area contributed by atoms with Gasteiger partial charge >= 0.3 is 0 Å². The molecule has 0 spiro atoms. The summed E-state index contributed by atoms with van der Waals surface area (Å²) in [4.78, 5) is 10.9. The van der Waals surface area contributed by atoms with Crippen LogP contribution in [0.1, 0.15) is 32.6 Å². The Morgan fingerprint density at radius 1 is 1.35 bits per heavy atom. The van der Waals surface area contributed by atoms with Gasteiger partial charge in [-0.15, -0.1) is 10.2 Å². The van der Waals surface area contributed by atoms with Crippen LogP contribution in [0.4, 0.5) is 5.13 Å². The summed E-state index contributed by atoms with van der Waals surface area (Å²) < 4.78 is 26.7.